The fraction of sp³-hybridized carbons (Fsp3) is 0. The first-order valence-corrected chi connectivity index (χ1v) is 10.1. The molecule has 11 heteroatoms. The van der Waals surface area contributed by atoms with E-state index in [-0.39, 0.29) is 11.4 Å². The first-order chi connectivity index (χ1) is 12.0. The zero-order valence-electron chi connectivity index (χ0n) is 12.5. The van der Waals surface area contributed by atoms with Crippen molar-refractivity contribution in [2.24, 2.45) is 0 Å². The summed E-state index contributed by atoms with van der Waals surface area (Å²) in [6.07, 6.45) is 0. The van der Waals surface area contributed by atoms with E-state index in [0.29, 0.717) is 11.0 Å². The van der Waals surface area contributed by atoms with Crippen LogP contribution in [0.3, 0.4) is 0 Å². The Morgan fingerprint density at radius 2 is 1.84 bits per heavy atom. The zero-order chi connectivity index (χ0) is 17.4. The lowest BCUT2D eigenvalue weighted by Crippen LogP contribution is -2.09. The predicted molar refractivity (Wildman–Crippen MR) is 92.0 cm³/mol. The second-order valence-electron chi connectivity index (χ2n) is 5.04. The van der Waals surface area contributed by atoms with Crippen LogP contribution in [-0.4, -0.2) is 19.8 Å². The first kappa shape index (κ1) is 15.7. The standard InChI is InChI=1S/C14H10N5O4PS/c20-19(21)11-6-8-12(9-7-11)23-24(22)17-18-13(15-16-14(18)25-24)10-4-2-1-3-5-10/h1-9H,(H,17,22). The molecule has 1 N–H and O–H groups in total. The van der Waals surface area contributed by atoms with Gasteiger partial charge in [-0.2, -0.15) is 0 Å². The highest BCUT2D eigenvalue weighted by atomic mass is 32.7. The summed E-state index contributed by atoms with van der Waals surface area (Å²) in [6, 6.07) is 14.7. The van der Waals surface area contributed by atoms with Crippen LogP contribution >= 0.6 is 18.1 Å². The number of nitro groups is 1. The maximum atomic E-state index is 12.9. The molecule has 0 saturated carbocycles. The number of fused-ring (bicyclic) bond motifs is 1. The van der Waals surface area contributed by atoms with Gasteiger partial charge in [-0.15, -0.1) is 10.2 Å². The number of rotatable bonds is 4. The van der Waals surface area contributed by atoms with Gasteiger partial charge in [0.15, 0.2) is 5.82 Å². The summed E-state index contributed by atoms with van der Waals surface area (Å²) in [6.45, 7) is -3.35. The Morgan fingerprint density at radius 3 is 2.52 bits per heavy atom. The molecule has 126 valence electrons. The third-order valence-corrected chi connectivity index (χ3v) is 6.61. The highest BCUT2D eigenvalue weighted by Crippen LogP contribution is 2.64. The van der Waals surface area contributed by atoms with Crippen molar-refractivity contribution in [1.29, 1.82) is 0 Å². The molecule has 0 bridgehead atoms. The molecule has 1 aliphatic rings. The van der Waals surface area contributed by atoms with E-state index in [1.165, 1.54) is 28.9 Å². The predicted octanol–water partition coefficient (Wildman–Crippen LogP) is 3.69. The van der Waals surface area contributed by atoms with Crippen molar-refractivity contribution in [3.63, 3.8) is 0 Å². The minimum Gasteiger partial charge on any atom is -0.421 e. The van der Waals surface area contributed by atoms with E-state index in [1.54, 1.807) is 0 Å². The highest BCUT2D eigenvalue weighted by Gasteiger charge is 2.39. The third kappa shape index (κ3) is 2.97. The fourth-order valence-electron chi connectivity index (χ4n) is 2.25. The molecule has 0 amide bonds. The van der Waals surface area contributed by atoms with Crippen molar-refractivity contribution < 1.29 is 14.0 Å². The van der Waals surface area contributed by atoms with Crippen molar-refractivity contribution >= 4 is 23.8 Å². The van der Waals surface area contributed by atoms with Gasteiger partial charge in [-0.3, -0.25) is 10.1 Å². The molecule has 0 aliphatic carbocycles. The largest absolute Gasteiger partial charge is 0.421 e. The third-order valence-electron chi connectivity index (χ3n) is 3.36. The topological polar surface area (TPSA) is 112 Å². The molecule has 0 radical (unpaired) electrons. The van der Waals surface area contributed by atoms with Crippen LogP contribution in [0.2, 0.25) is 0 Å². The summed E-state index contributed by atoms with van der Waals surface area (Å²) in [7, 11) is 0. The van der Waals surface area contributed by atoms with Crippen LogP contribution in [0, 0.1) is 10.1 Å². The summed E-state index contributed by atoms with van der Waals surface area (Å²) in [5.41, 5.74) is 0.749. The van der Waals surface area contributed by atoms with Crippen LogP contribution in [-0.2, 0) is 4.57 Å². The van der Waals surface area contributed by atoms with E-state index in [4.69, 9.17) is 4.52 Å². The number of nitro benzene ring substituents is 1. The van der Waals surface area contributed by atoms with Gasteiger partial charge in [-0.25, -0.2) is 14.4 Å². The molecule has 1 aliphatic heterocycles. The normalized spacial score (nSPS) is 18.4. The molecule has 4 rings (SSSR count). The first-order valence-electron chi connectivity index (χ1n) is 7.07. The summed E-state index contributed by atoms with van der Waals surface area (Å²) >= 11 is 0.937. The smallest absolute Gasteiger partial charge is 0.421 e. The van der Waals surface area contributed by atoms with Crippen molar-refractivity contribution in [2.75, 3.05) is 5.20 Å². The van der Waals surface area contributed by atoms with Gasteiger partial charge >= 0.3 is 6.72 Å². The monoisotopic (exact) mass is 375 g/mol. The lowest BCUT2D eigenvalue weighted by molar-refractivity contribution is -0.384. The van der Waals surface area contributed by atoms with Crippen LogP contribution in [0.15, 0.2) is 59.8 Å². The maximum absolute atomic E-state index is 12.9. The van der Waals surface area contributed by atoms with E-state index in [2.05, 4.69) is 15.4 Å². The molecule has 0 saturated heterocycles. The fourth-order valence-corrected chi connectivity index (χ4v) is 5.51. The van der Waals surface area contributed by atoms with E-state index in [9.17, 15) is 14.7 Å². The molecule has 0 spiro atoms. The molecule has 0 fully saturated rings. The van der Waals surface area contributed by atoms with Gasteiger partial charge in [-0.05, 0) is 12.1 Å². The lowest BCUT2D eigenvalue weighted by atomic mass is 10.2. The SMILES string of the molecule is O=[N+]([O-])c1ccc(OP2(=O)Nn3c(nnc3-c3ccccc3)S2)cc1. The number of benzene rings is 2. The quantitative estimate of drug-likeness (QED) is 0.417. The van der Waals surface area contributed by atoms with E-state index in [1.807, 2.05) is 30.3 Å². The average Bonchev–Trinajstić information content (AvgIpc) is 3.12. The molecule has 3 aromatic rings. The van der Waals surface area contributed by atoms with E-state index >= 15 is 0 Å². The minimum atomic E-state index is -3.35. The number of aromatic nitrogens is 3. The van der Waals surface area contributed by atoms with Crippen LogP contribution in [0.4, 0.5) is 5.69 Å². The van der Waals surface area contributed by atoms with Crippen LogP contribution < -0.4 is 9.72 Å². The maximum Gasteiger partial charge on any atom is 0.421 e. The number of nitrogens with zero attached hydrogens (tertiary/aromatic N) is 4. The molecule has 2 aromatic carbocycles. The summed E-state index contributed by atoms with van der Waals surface area (Å²) in [4.78, 5) is 10.2. The van der Waals surface area contributed by atoms with Gasteiger partial charge in [0.1, 0.15) is 5.75 Å². The number of non-ortho nitro benzene ring substituents is 1. The Bertz CT molecular complexity index is 992. The zero-order valence-corrected chi connectivity index (χ0v) is 14.2. The Hall–Kier alpha value is -2.84. The average molecular weight is 375 g/mol. The van der Waals surface area contributed by atoms with Gasteiger partial charge in [0.05, 0.1) is 4.92 Å². The Morgan fingerprint density at radius 1 is 1.12 bits per heavy atom. The van der Waals surface area contributed by atoms with Crippen molar-refractivity contribution in [2.45, 2.75) is 5.16 Å². The number of hydrogen-bond donors (Lipinski definition) is 1. The van der Waals surface area contributed by atoms with Crippen molar-refractivity contribution in [3.05, 3.63) is 64.7 Å². The van der Waals surface area contributed by atoms with Crippen LogP contribution in [0.5, 0.6) is 5.75 Å². The highest BCUT2D eigenvalue weighted by molar-refractivity contribution is 8.57. The second-order valence-corrected chi connectivity index (χ2v) is 8.95. The van der Waals surface area contributed by atoms with Gasteiger partial charge < -0.3 is 4.52 Å². The molecule has 9 nitrogen and oxygen atoms in total. The number of hydrogen-bond acceptors (Lipinski definition) is 7. The molecule has 1 aromatic heterocycles. The molecule has 2 heterocycles. The van der Waals surface area contributed by atoms with E-state index in [0.717, 1.165) is 16.9 Å². The summed E-state index contributed by atoms with van der Waals surface area (Å²) in [5, 5.41) is 22.0. The minimum absolute atomic E-state index is 0.0684. The van der Waals surface area contributed by atoms with Gasteiger partial charge in [-0.1, -0.05) is 30.3 Å². The summed E-state index contributed by atoms with van der Waals surface area (Å²) in [5.74, 6) is 0.780. The molecule has 1 unspecified atom stereocenters. The van der Waals surface area contributed by atoms with Crippen molar-refractivity contribution in [3.8, 4) is 17.1 Å². The molecular formula is C14H10N5O4PS. The second kappa shape index (κ2) is 5.91. The lowest BCUT2D eigenvalue weighted by Gasteiger charge is -2.13. The Balaban J connectivity index is 1.57. The number of nitrogens with one attached hydrogen (secondary N) is 1. The van der Waals surface area contributed by atoms with Gasteiger partial charge in [0.2, 0.25) is 5.16 Å². The summed E-state index contributed by atoms with van der Waals surface area (Å²) < 4.78 is 20.0. The molecule has 25 heavy (non-hydrogen) atoms. The Labute approximate surface area is 145 Å². The van der Waals surface area contributed by atoms with Crippen molar-refractivity contribution in [1.82, 2.24) is 14.9 Å². The van der Waals surface area contributed by atoms with Crippen LogP contribution in [0.1, 0.15) is 0 Å². The molecule has 1 atom stereocenters. The molecular weight excluding hydrogens is 365 g/mol. The van der Waals surface area contributed by atoms with Gasteiger partial charge in [0, 0.05) is 29.1 Å². The van der Waals surface area contributed by atoms with Gasteiger partial charge in [0.25, 0.3) is 5.69 Å². The van der Waals surface area contributed by atoms with E-state index < -0.39 is 11.6 Å². The Kier molecular flexibility index (Phi) is 3.70. The van der Waals surface area contributed by atoms with Crippen LogP contribution in [0.25, 0.3) is 11.4 Å².